The van der Waals surface area contributed by atoms with Crippen molar-refractivity contribution in [3.63, 3.8) is 0 Å². The molecule has 3 heterocycles. The van der Waals surface area contributed by atoms with Gasteiger partial charge in [0.2, 0.25) is 0 Å². The number of nitrogens with zero attached hydrogens (tertiary/aromatic N) is 4. The van der Waals surface area contributed by atoms with Crippen LogP contribution < -0.4 is 10.2 Å². The van der Waals surface area contributed by atoms with E-state index in [9.17, 15) is 0 Å². The van der Waals surface area contributed by atoms with Crippen molar-refractivity contribution in [2.45, 2.75) is 37.8 Å². The lowest BCUT2D eigenvalue weighted by atomic mass is 9.76. The first-order valence-electron chi connectivity index (χ1n) is 22.0. The van der Waals surface area contributed by atoms with Crippen molar-refractivity contribution in [1.29, 1.82) is 0 Å². The Kier molecular flexibility index (Phi) is 7.99. The quantitative estimate of drug-likeness (QED) is 0.188. The van der Waals surface area contributed by atoms with Crippen LogP contribution in [0.2, 0.25) is 0 Å². The topological polar surface area (TPSA) is 44.9 Å². The van der Waals surface area contributed by atoms with Gasteiger partial charge in [-0.3, -0.25) is 0 Å². The van der Waals surface area contributed by atoms with Gasteiger partial charge in [0, 0.05) is 62.0 Å². The minimum Gasteiger partial charge on any atom is -0.344 e. The van der Waals surface area contributed by atoms with Gasteiger partial charge in [-0.05, 0) is 119 Å². The molecule has 0 saturated heterocycles. The number of rotatable bonds is 5. The molecule has 0 radical (unpaired) electrons. The Morgan fingerprint density at radius 2 is 1.42 bits per heavy atom. The Balaban J connectivity index is 0.928. The molecule has 0 saturated carbocycles. The number of para-hydroxylation sites is 1. The lowest BCUT2D eigenvalue weighted by Crippen LogP contribution is -2.33. The molecule has 3 aliphatic carbocycles. The lowest BCUT2D eigenvalue weighted by Gasteiger charge is -2.32. The zero-order valence-corrected chi connectivity index (χ0v) is 34.2. The third-order valence-electron chi connectivity index (χ3n) is 13.8. The van der Waals surface area contributed by atoms with Crippen LogP contribution in [0.1, 0.15) is 64.9 Å². The van der Waals surface area contributed by atoms with E-state index in [1.54, 1.807) is 0 Å². The van der Waals surface area contributed by atoms with Gasteiger partial charge in [0.05, 0.1) is 5.52 Å². The summed E-state index contributed by atoms with van der Waals surface area (Å²) < 4.78 is 2.53. The van der Waals surface area contributed by atoms with Gasteiger partial charge in [0.1, 0.15) is 12.0 Å². The van der Waals surface area contributed by atoms with Gasteiger partial charge in [-0.15, -0.1) is 0 Å². The molecule has 5 nitrogen and oxygen atoms in total. The molecule has 3 atom stereocenters. The van der Waals surface area contributed by atoms with E-state index in [0.29, 0.717) is 11.8 Å². The second-order valence-electron chi connectivity index (χ2n) is 17.2. The molecular formula is C57H43N5. The third kappa shape index (κ3) is 5.54. The van der Waals surface area contributed by atoms with Gasteiger partial charge < -0.3 is 14.8 Å². The number of aromatic nitrogens is 1. The second-order valence-corrected chi connectivity index (χ2v) is 17.2. The number of allylic oxidation sites excluding steroid dienone is 7. The van der Waals surface area contributed by atoms with Crippen molar-refractivity contribution in [2.75, 3.05) is 4.90 Å². The Bertz CT molecular complexity index is 3340. The van der Waals surface area contributed by atoms with Gasteiger partial charge in [0.15, 0.2) is 5.84 Å². The molecule has 5 aliphatic rings. The Hall–Kier alpha value is -7.50. The van der Waals surface area contributed by atoms with E-state index in [0.717, 1.165) is 65.1 Å². The molecular weight excluding hydrogens is 755 g/mol. The van der Waals surface area contributed by atoms with E-state index in [1.165, 1.54) is 66.5 Å². The van der Waals surface area contributed by atoms with Gasteiger partial charge >= 0.3 is 0 Å². The fraction of sp³-hybridized carbons (Fsp3) is 0.123. The highest BCUT2D eigenvalue weighted by Crippen LogP contribution is 2.55. The van der Waals surface area contributed by atoms with Crippen molar-refractivity contribution < 1.29 is 0 Å². The number of fused-ring (bicyclic) bond motifs is 9. The summed E-state index contributed by atoms with van der Waals surface area (Å²) in [5, 5.41) is 9.82. The normalized spacial score (nSPS) is 19.9. The fourth-order valence-electron chi connectivity index (χ4n) is 10.9. The average Bonchev–Trinajstić information content (AvgIpc) is 3.84. The van der Waals surface area contributed by atoms with Crippen LogP contribution >= 0.6 is 0 Å². The molecule has 1 aromatic heterocycles. The van der Waals surface area contributed by atoms with E-state index >= 15 is 0 Å². The van der Waals surface area contributed by atoms with E-state index in [2.05, 4.69) is 203 Å². The molecule has 8 aromatic rings. The summed E-state index contributed by atoms with van der Waals surface area (Å²) in [7, 11) is 0. The summed E-state index contributed by atoms with van der Waals surface area (Å²) in [5.41, 5.74) is 15.1. The number of aliphatic imine (C=N–C) groups is 2. The highest BCUT2D eigenvalue weighted by molar-refractivity contribution is 6.17. The van der Waals surface area contributed by atoms with Gasteiger partial charge in [0.25, 0.3) is 0 Å². The standard InChI is InChI=1S/C57H43N5/c1-2-16-40-34-54-49(33-39(40)15-1)50-35-42(62-51-25-9-7-21-45(51)46-22-8-10-26-52(46)62)31-32-53(50)61(54)41-29-27-38(28-30-41)55-58-56(47-23-11-17-36-13-3-5-19-43(36)47)60-57(59-55)48-24-12-18-37-14-4-6-20-44(37)48/h1-9,11-14,16-25,27-32,34-35,39,49,56H,10,15,26,33H2,(H,58,59,60). The van der Waals surface area contributed by atoms with Crippen molar-refractivity contribution in [1.82, 2.24) is 9.88 Å². The molecule has 0 fully saturated rings. The number of nitrogens with one attached hydrogen (secondary N) is 1. The van der Waals surface area contributed by atoms with E-state index in [4.69, 9.17) is 9.98 Å². The van der Waals surface area contributed by atoms with Crippen LogP contribution in [0, 0.1) is 5.92 Å². The highest BCUT2D eigenvalue weighted by Gasteiger charge is 2.40. The third-order valence-corrected chi connectivity index (χ3v) is 13.8. The molecule has 7 aromatic carbocycles. The lowest BCUT2D eigenvalue weighted by molar-refractivity contribution is 0.514. The average molecular weight is 798 g/mol. The number of anilines is 2. The number of benzene rings is 7. The molecule has 13 rings (SSSR count). The summed E-state index contributed by atoms with van der Waals surface area (Å²) in [6, 6.07) is 55.1. The van der Waals surface area contributed by atoms with Crippen molar-refractivity contribution in [2.24, 2.45) is 15.9 Å². The molecule has 0 bridgehead atoms. The molecule has 3 unspecified atom stereocenters. The molecule has 1 N–H and O–H groups in total. The molecule has 0 spiro atoms. The fourth-order valence-corrected chi connectivity index (χ4v) is 10.9. The molecule has 2 aliphatic heterocycles. The van der Waals surface area contributed by atoms with Gasteiger partial charge in [-0.2, -0.15) is 0 Å². The van der Waals surface area contributed by atoms with E-state index in [1.807, 2.05) is 0 Å². The SMILES string of the molecule is C1=CCC2CC3C(=CC2=C1)N(c1ccc(C2=NC(c4cccc5ccccc45)NC(c4cccc5ccccc45)=N2)cc1)c1ccc(-n2c4c(c5ccccc52)C=CCC4)cc13. The van der Waals surface area contributed by atoms with Gasteiger partial charge in [-0.25, -0.2) is 9.98 Å². The Labute approximate surface area is 361 Å². The monoisotopic (exact) mass is 797 g/mol. The number of amidine groups is 2. The first-order chi connectivity index (χ1) is 30.7. The van der Waals surface area contributed by atoms with Crippen molar-refractivity contribution in [3.05, 3.63) is 227 Å². The summed E-state index contributed by atoms with van der Waals surface area (Å²) in [5.74, 6) is 2.38. The summed E-state index contributed by atoms with van der Waals surface area (Å²) >= 11 is 0. The minimum absolute atomic E-state index is 0.305. The summed E-state index contributed by atoms with van der Waals surface area (Å²) in [6.07, 6.45) is 18.0. The van der Waals surface area contributed by atoms with Crippen molar-refractivity contribution in [3.8, 4) is 5.69 Å². The molecule has 5 heteroatoms. The predicted molar refractivity (Wildman–Crippen MR) is 257 cm³/mol. The Morgan fingerprint density at radius 3 is 2.31 bits per heavy atom. The maximum Gasteiger partial charge on any atom is 0.159 e. The van der Waals surface area contributed by atoms with Crippen LogP contribution in [0.5, 0.6) is 0 Å². The first-order valence-corrected chi connectivity index (χ1v) is 22.0. The maximum absolute atomic E-state index is 5.36. The molecule has 296 valence electrons. The number of hydrogen-bond donors (Lipinski definition) is 1. The maximum atomic E-state index is 5.36. The Morgan fingerprint density at radius 1 is 0.661 bits per heavy atom. The van der Waals surface area contributed by atoms with Crippen LogP contribution in [0.15, 0.2) is 203 Å². The van der Waals surface area contributed by atoms with Crippen LogP contribution in [0.3, 0.4) is 0 Å². The van der Waals surface area contributed by atoms with Gasteiger partial charge in [-0.1, -0.05) is 134 Å². The largest absolute Gasteiger partial charge is 0.344 e. The highest BCUT2D eigenvalue weighted by atomic mass is 15.2. The van der Waals surface area contributed by atoms with Crippen LogP contribution in [0.4, 0.5) is 11.4 Å². The zero-order valence-electron chi connectivity index (χ0n) is 34.2. The van der Waals surface area contributed by atoms with Crippen LogP contribution in [0.25, 0.3) is 44.2 Å². The molecule has 0 amide bonds. The van der Waals surface area contributed by atoms with E-state index in [-0.39, 0.29) is 6.17 Å². The van der Waals surface area contributed by atoms with Crippen LogP contribution in [-0.2, 0) is 6.42 Å². The number of hydrogen-bond acceptors (Lipinski definition) is 4. The smallest absolute Gasteiger partial charge is 0.159 e. The van der Waals surface area contributed by atoms with Crippen LogP contribution in [-0.4, -0.2) is 16.2 Å². The minimum atomic E-state index is -0.320. The summed E-state index contributed by atoms with van der Waals surface area (Å²) in [6.45, 7) is 0. The van der Waals surface area contributed by atoms with E-state index < -0.39 is 0 Å². The zero-order chi connectivity index (χ0) is 40.7. The molecule has 62 heavy (non-hydrogen) atoms. The predicted octanol–water partition coefficient (Wildman–Crippen LogP) is 13.4. The second kappa shape index (κ2) is 14.0. The van der Waals surface area contributed by atoms with Crippen molar-refractivity contribution >= 4 is 61.6 Å². The first kappa shape index (κ1) is 35.3. The summed E-state index contributed by atoms with van der Waals surface area (Å²) in [4.78, 5) is 13.2.